The summed E-state index contributed by atoms with van der Waals surface area (Å²) in [6.45, 7) is 2.17. The standard InChI is InChI=1S/C12H15N7O2/c1-7-16-18-12(19-17-7)15-6-8-2-3-9(14-5-8)4-10(13)11(20)21/h2-3,5,10H,4,6,13H2,1H3,(H,20,21)(H,15,18,19). The lowest BCUT2D eigenvalue weighted by Crippen LogP contribution is -2.32. The van der Waals surface area contributed by atoms with Crippen molar-refractivity contribution in [3.05, 3.63) is 35.4 Å². The van der Waals surface area contributed by atoms with Crippen LogP contribution < -0.4 is 11.1 Å². The predicted octanol–water partition coefficient (Wildman–Crippen LogP) is -0.463. The van der Waals surface area contributed by atoms with E-state index in [1.54, 1.807) is 19.2 Å². The Kier molecular flexibility index (Phi) is 4.67. The molecule has 0 radical (unpaired) electrons. The highest BCUT2D eigenvalue weighted by atomic mass is 16.4. The molecule has 0 amide bonds. The van der Waals surface area contributed by atoms with Gasteiger partial charge in [-0.25, -0.2) is 0 Å². The highest BCUT2D eigenvalue weighted by molar-refractivity contribution is 5.73. The van der Waals surface area contributed by atoms with E-state index in [1.807, 2.05) is 6.07 Å². The number of nitrogens with zero attached hydrogens (tertiary/aromatic N) is 5. The summed E-state index contributed by atoms with van der Waals surface area (Å²) in [4.78, 5) is 14.8. The zero-order chi connectivity index (χ0) is 15.2. The monoisotopic (exact) mass is 289 g/mol. The zero-order valence-corrected chi connectivity index (χ0v) is 11.4. The second-order valence-corrected chi connectivity index (χ2v) is 4.43. The average Bonchev–Trinajstić information content (AvgIpc) is 2.48. The van der Waals surface area contributed by atoms with Gasteiger partial charge in [0.05, 0.1) is 0 Å². The third-order valence-corrected chi connectivity index (χ3v) is 2.66. The number of carboxylic acid groups (broad SMARTS) is 1. The number of aliphatic carboxylic acids is 1. The maximum Gasteiger partial charge on any atom is 0.320 e. The van der Waals surface area contributed by atoms with Gasteiger partial charge in [0.15, 0.2) is 5.82 Å². The van der Waals surface area contributed by atoms with Crippen molar-refractivity contribution in [2.75, 3.05) is 5.32 Å². The van der Waals surface area contributed by atoms with E-state index in [0.717, 1.165) is 5.56 Å². The number of pyridine rings is 1. The lowest BCUT2D eigenvalue weighted by molar-refractivity contribution is -0.138. The van der Waals surface area contributed by atoms with Crippen molar-refractivity contribution in [3.63, 3.8) is 0 Å². The quantitative estimate of drug-likeness (QED) is 0.644. The maximum atomic E-state index is 10.7. The molecule has 9 nitrogen and oxygen atoms in total. The lowest BCUT2D eigenvalue weighted by atomic mass is 10.1. The minimum atomic E-state index is -1.04. The first-order valence-corrected chi connectivity index (χ1v) is 6.24. The third kappa shape index (κ3) is 4.42. The number of carbonyl (C=O) groups is 1. The van der Waals surface area contributed by atoms with Gasteiger partial charge >= 0.3 is 5.97 Å². The molecule has 2 aromatic rings. The first-order valence-electron chi connectivity index (χ1n) is 6.24. The number of aromatic nitrogens is 5. The van der Waals surface area contributed by atoms with Gasteiger partial charge in [-0.05, 0) is 18.6 Å². The fourth-order valence-corrected chi connectivity index (χ4v) is 1.52. The summed E-state index contributed by atoms with van der Waals surface area (Å²) in [6.07, 6.45) is 1.84. The van der Waals surface area contributed by atoms with E-state index in [0.29, 0.717) is 24.0 Å². The van der Waals surface area contributed by atoms with Gasteiger partial charge in [-0.15, -0.1) is 20.4 Å². The number of hydrogen-bond acceptors (Lipinski definition) is 8. The van der Waals surface area contributed by atoms with E-state index < -0.39 is 12.0 Å². The number of anilines is 1. The second-order valence-electron chi connectivity index (χ2n) is 4.43. The van der Waals surface area contributed by atoms with Gasteiger partial charge < -0.3 is 16.2 Å². The van der Waals surface area contributed by atoms with Crippen molar-refractivity contribution >= 4 is 11.9 Å². The molecular formula is C12H15N7O2. The Labute approximate surface area is 120 Å². The van der Waals surface area contributed by atoms with Crippen molar-refractivity contribution in [2.24, 2.45) is 5.73 Å². The first kappa shape index (κ1) is 14.7. The van der Waals surface area contributed by atoms with Crippen LogP contribution in [0.4, 0.5) is 5.95 Å². The van der Waals surface area contributed by atoms with Gasteiger partial charge in [0.1, 0.15) is 6.04 Å². The van der Waals surface area contributed by atoms with Crippen molar-refractivity contribution in [1.82, 2.24) is 25.4 Å². The molecule has 0 saturated carbocycles. The molecule has 9 heteroatoms. The number of rotatable bonds is 6. The van der Waals surface area contributed by atoms with E-state index in [1.165, 1.54) is 0 Å². The molecule has 0 aliphatic carbocycles. The molecule has 0 aliphatic heterocycles. The Balaban J connectivity index is 1.90. The summed E-state index contributed by atoms with van der Waals surface area (Å²) < 4.78 is 0. The molecule has 110 valence electrons. The van der Waals surface area contributed by atoms with Gasteiger partial charge in [0.2, 0.25) is 0 Å². The van der Waals surface area contributed by atoms with E-state index in [2.05, 4.69) is 30.7 Å². The maximum absolute atomic E-state index is 10.7. The third-order valence-electron chi connectivity index (χ3n) is 2.66. The van der Waals surface area contributed by atoms with Gasteiger partial charge in [-0.2, -0.15) is 0 Å². The SMILES string of the molecule is Cc1nnc(NCc2ccc(CC(N)C(=O)O)nc2)nn1. The van der Waals surface area contributed by atoms with Crippen molar-refractivity contribution in [2.45, 2.75) is 25.9 Å². The van der Waals surface area contributed by atoms with Crippen LogP contribution in [0, 0.1) is 6.92 Å². The highest BCUT2D eigenvalue weighted by Gasteiger charge is 2.12. The van der Waals surface area contributed by atoms with E-state index >= 15 is 0 Å². The molecule has 2 heterocycles. The van der Waals surface area contributed by atoms with Crippen LogP contribution in [0.25, 0.3) is 0 Å². The Bertz CT molecular complexity index is 600. The molecule has 4 N–H and O–H groups in total. The Morgan fingerprint density at radius 1 is 1.33 bits per heavy atom. The summed E-state index contributed by atoms with van der Waals surface area (Å²) >= 11 is 0. The van der Waals surface area contributed by atoms with E-state index in [4.69, 9.17) is 10.8 Å². The second kappa shape index (κ2) is 6.66. The van der Waals surface area contributed by atoms with Gasteiger partial charge in [-0.3, -0.25) is 9.78 Å². The molecule has 1 unspecified atom stereocenters. The van der Waals surface area contributed by atoms with Crippen LogP contribution in [-0.4, -0.2) is 42.5 Å². The van der Waals surface area contributed by atoms with Crippen LogP contribution in [0.2, 0.25) is 0 Å². The first-order chi connectivity index (χ1) is 10.0. The number of hydrogen-bond donors (Lipinski definition) is 3. The van der Waals surface area contributed by atoms with Crippen molar-refractivity contribution < 1.29 is 9.90 Å². The summed E-state index contributed by atoms with van der Waals surface area (Å²) in [5.74, 6) is -0.210. The zero-order valence-electron chi connectivity index (χ0n) is 11.4. The van der Waals surface area contributed by atoms with Gasteiger partial charge in [0.25, 0.3) is 5.95 Å². The van der Waals surface area contributed by atoms with Gasteiger partial charge in [0, 0.05) is 24.9 Å². The van der Waals surface area contributed by atoms with Gasteiger partial charge in [-0.1, -0.05) is 6.07 Å². The molecule has 1 atom stereocenters. The van der Waals surface area contributed by atoms with Crippen LogP contribution in [-0.2, 0) is 17.8 Å². The van der Waals surface area contributed by atoms with Crippen LogP contribution in [0.5, 0.6) is 0 Å². The molecule has 2 rings (SSSR count). The number of nitrogens with one attached hydrogen (secondary N) is 1. The number of nitrogens with two attached hydrogens (primary N) is 1. The van der Waals surface area contributed by atoms with Crippen LogP contribution in [0.15, 0.2) is 18.3 Å². The molecule has 21 heavy (non-hydrogen) atoms. The summed E-state index contributed by atoms with van der Waals surface area (Å²) in [6, 6.07) is 2.63. The van der Waals surface area contributed by atoms with E-state index in [9.17, 15) is 4.79 Å². The largest absolute Gasteiger partial charge is 0.480 e. The average molecular weight is 289 g/mol. The fraction of sp³-hybridized carbons (Fsp3) is 0.333. The number of carboxylic acids is 1. The normalized spacial score (nSPS) is 11.9. The van der Waals surface area contributed by atoms with E-state index in [-0.39, 0.29) is 6.42 Å². The summed E-state index contributed by atoms with van der Waals surface area (Å²) in [7, 11) is 0. The molecular weight excluding hydrogens is 274 g/mol. The van der Waals surface area contributed by atoms with Crippen molar-refractivity contribution in [1.29, 1.82) is 0 Å². The Hall–Kier alpha value is -2.68. The topological polar surface area (TPSA) is 140 Å². The molecule has 0 aromatic carbocycles. The Morgan fingerprint density at radius 2 is 2.05 bits per heavy atom. The van der Waals surface area contributed by atoms with Crippen molar-refractivity contribution in [3.8, 4) is 0 Å². The number of aryl methyl sites for hydroxylation is 1. The summed E-state index contributed by atoms with van der Waals surface area (Å²) in [5.41, 5.74) is 6.97. The van der Waals surface area contributed by atoms with Crippen LogP contribution in [0.3, 0.4) is 0 Å². The molecule has 0 bridgehead atoms. The fourth-order valence-electron chi connectivity index (χ4n) is 1.52. The molecule has 0 fully saturated rings. The van der Waals surface area contributed by atoms with Crippen LogP contribution >= 0.6 is 0 Å². The molecule has 0 saturated heterocycles. The minimum Gasteiger partial charge on any atom is -0.480 e. The Morgan fingerprint density at radius 3 is 2.62 bits per heavy atom. The highest BCUT2D eigenvalue weighted by Crippen LogP contribution is 2.05. The van der Waals surface area contributed by atoms with Crippen LogP contribution in [0.1, 0.15) is 17.1 Å². The molecule has 0 aliphatic rings. The predicted molar refractivity (Wildman–Crippen MR) is 73.2 cm³/mol. The summed E-state index contributed by atoms with van der Waals surface area (Å²) in [5, 5.41) is 26.9. The molecule has 2 aromatic heterocycles. The molecule has 0 spiro atoms. The minimum absolute atomic E-state index is 0.192. The smallest absolute Gasteiger partial charge is 0.320 e. The lowest BCUT2D eigenvalue weighted by Gasteiger charge is -2.07.